The molecule has 0 radical (unpaired) electrons. The van der Waals surface area contributed by atoms with Crippen molar-refractivity contribution in [1.29, 1.82) is 0 Å². The number of ether oxygens (including phenoxy) is 1. The minimum absolute atomic E-state index is 0.0670. The second kappa shape index (κ2) is 5.51. The van der Waals surface area contributed by atoms with Crippen molar-refractivity contribution in [2.24, 2.45) is 0 Å². The molecule has 1 aromatic carbocycles. The van der Waals surface area contributed by atoms with Crippen LogP contribution in [0.1, 0.15) is 12.8 Å². The van der Waals surface area contributed by atoms with Gasteiger partial charge < -0.3 is 15.4 Å². The average Bonchev–Trinajstić information content (AvgIpc) is 2.98. The molecule has 1 aliphatic rings. The zero-order chi connectivity index (χ0) is 14.8. The zero-order valence-corrected chi connectivity index (χ0v) is 11.2. The van der Waals surface area contributed by atoms with Crippen LogP contribution in [0.25, 0.3) is 0 Å². The average molecular weight is 292 g/mol. The zero-order valence-electron chi connectivity index (χ0n) is 11.2. The first-order valence-corrected chi connectivity index (χ1v) is 6.63. The molecule has 0 saturated carbocycles. The molecule has 5 nitrogen and oxygen atoms in total. The lowest BCUT2D eigenvalue weighted by molar-refractivity contribution is 0.425. The van der Waals surface area contributed by atoms with E-state index in [1.165, 1.54) is 12.4 Å². The van der Waals surface area contributed by atoms with Crippen LogP contribution in [0.5, 0.6) is 11.6 Å². The maximum atomic E-state index is 13.6. The molecule has 0 unspecified atom stereocenters. The van der Waals surface area contributed by atoms with Crippen molar-refractivity contribution in [3.63, 3.8) is 0 Å². The summed E-state index contributed by atoms with van der Waals surface area (Å²) < 4.78 is 31.8. The summed E-state index contributed by atoms with van der Waals surface area (Å²) in [6.07, 6.45) is 3.47. The number of benzene rings is 1. The van der Waals surface area contributed by atoms with Crippen LogP contribution >= 0.6 is 0 Å². The SMILES string of the molecule is Nc1c(Oc2ccc(F)cc2F)ncnc1N1CCCC1. The Morgan fingerprint density at radius 2 is 1.90 bits per heavy atom. The molecule has 7 heteroatoms. The lowest BCUT2D eigenvalue weighted by Gasteiger charge is -2.19. The first-order valence-electron chi connectivity index (χ1n) is 6.63. The molecule has 0 spiro atoms. The summed E-state index contributed by atoms with van der Waals surface area (Å²) >= 11 is 0. The van der Waals surface area contributed by atoms with Crippen LogP contribution in [-0.4, -0.2) is 23.1 Å². The Kier molecular flexibility index (Phi) is 3.55. The number of aromatic nitrogens is 2. The lowest BCUT2D eigenvalue weighted by Crippen LogP contribution is -2.21. The van der Waals surface area contributed by atoms with E-state index in [-0.39, 0.29) is 17.3 Å². The van der Waals surface area contributed by atoms with Gasteiger partial charge in [0, 0.05) is 19.2 Å². The molecule has 0 aliphatic carbocycles. The van der Waals surface area contributed by atoms with Crippen molar-refractivity contribution < 1.29 is 13.5 Å². The number of hydrogen-bond donors (Lipinski definition) is 1. The molecule has 0 atom stereocenters. The molecule has 110 valence electrons. The summed E-state index contributed by atoms with van der Waals surface area (Å²) in [5, 5.41) is 0. The highest BCUT2D eigenvalue weighted by atomic mass is 19.1. The number of nitrogens with zero attached hydrogens (tertiary/aromatic N) is 3. The smallest absolute Gasteiger partial charge is 0.248 e. The number of nitrogen functional groups attached to an aromatic ring is 1. The standard InChI is InChI=1S/C14H14F2N4O/c15-9-3-4-11(10(16)7-9)21-14-12(17)13(18-8-19-14)20-5-1-2-6-20/h3-4,7-8H,1-2,5-6,17H2. The van der Waals surface area contributed by atoms with E-state index in [9.17, 15) is 8.78 Å². The topological polar surface area (TPSA) is 64.3 Å². The molecule has 0 bridgehead atoms. The Labute approximate surface area is 120 Å². The highest BCUT2D eigenvalue weighted by Crippen LogP contribution is 2.33. The van der Waals surface area contributed by atoms with Gasteiger partial charge in [-0.25, -0.2) is 13.8 Å². The molecule has 1 saturated heterocycles. The third kappa shape index (κ3) is 2.72. The maximum absolute atomic E-state index is 13.6. The third-order valence-corrected chi connectivity index (χ3v) is 3.33. The number of halogens is 2. The van der Waals surface area contributed by atoms with E-state index in [1.807, 2.05) is 4.90 Å². The van der Waals surface area contributed by atoms with Crippen LogP contribution in [0.15, 0.2) is 24.5 Å². The van der Waals surface area contributed by atoms with E-state index < -0.39 is 11.6 Å². The summed E-state index contributed by atoms with van der Waals surface area (Å²) in [6, 6.07) is 3.05. The van der Waals surface area contributed by atoms with Crippen molar-refractivity contribution in [3.05, 3.63) is 36.2 Å². The highest BCUT2D eigenvalue weighted by Gasteiger charge is 2.20. The van der Waals surface area contributed by atoms with Gasteiger partial charge in [0.25, 0.3) is 0 Å². The van der Waals surface area contributed by atoms with Gasteiger partial charge in [-0.15, -0.1) is 0 Å². The fourth-order valence-electron chi connectivity index (χ4n) is 2.30. The molecule has 2 aromatic rings. The van der Waals surface area contributed by atoms with E-state index >= 15 is 0 Å². The predicted molar refractivity (Wildman–Crippen MR) is 74.3 cm³/mol. The van der Waals surface area contributed by atoms with Crippen LogP contribution in [0.3, 0.4) is 0 Å². The van der Waals surface area contributed by atoms with E-state index in [4.69, 9.17) is 10.5 Å². The van der Waals surface area contributed by atoms with E-state index in [0.717, 1.165) is 38.1 Å². The van der Waals surface area contributed by atoms with Gasteiger partial charge in [-0.3, -0.25) is 0 Å². The van der Waals surface area contributed by atoms with Gasteiger partial charge >= 0.3 is 0 Å². The number of rotatable bonds is 3. The Morgan fingerprint density at radius 1 is 1.14 bits per heavy atom. The summed E-state index contributed by atoms with van der Waals surface area (Å²) in [6.45, 7) is 1.73. The second-order valence-electron chi connectivity index (χ2n) is 4.79. The molecule has 21 heavy (non-hydrogen) atoms. The Hall–Kier alpha value is -2.44. The van der Waals surface area contributed by atoms with Crippen molar-refractivity contribution in [3.8, 4) is 11.6 Å². The number of hydrogen-bond acceptors (Lipinski definition) is 5. The van der Waals surface area contributed by atoms with Gasteiger partial charge in [0.1, 0.15) is 17.8 Å². The fraction of sp³-hybridized carbons (Fsp3) is 0.286. The van der Waals surface area contributed by atoms with Crippen LogP contribution in [-0.2, 0) is 0 Å². The van der Waals surface area contributed by atoms with Crippen LogP contribution in [0.2, 0.25) is 0 Å². The predicted octanol–water partition coefficient (Wildman–Crippen LogP) is 2.73. The summed E-state index contributed by atoms with van der Waals surface area (Å²) in [5.41, 5.74) is 6.26. The summed E-state index contributed by atoms with van der Waals surface area (Å²) in [4.78, 5) is 10.1. The molecule has 1 aliphatic heterocycles. The van der Waals surface area contributed by atoms with Crippen LogP contribution < -0.4 is 15.4 Å². The largest absolute Gasteiger partial charge is 0.434 e. The van der Waals surface area contributed by atoms with Crippen LogP contribution in [0.4, 0.5) is 20.3 Å². The maximum Gasteiger partial charge on any atom is 0.248 e. The van der Waals surface area contributed by atoms with Gasteiger partial charge in [0.05, 0.1) is 0 Å². The number of nitrogens with two attached hydrogens (primary N) is 1. The fourth-order valence-corrected chi connectivity index (χ4v) is 2.30. The number of anilines is 2. The van der Waals surface area contributed by atoms with E-state index in [1.54, 1.807) is 0 Å². The molecular formula is C14H14F2N4O. The first-order chi connectivity index (χ1) is 10.1. The Balaban J connectivity index is 1.90. The van der Waals surface area contributed by atoms with Gasteiger partial charge in [-0.05, 0) is 25.0 Å². The monoisotopic (exact) mass is 292 g/mol. The van der Waals surface area contributed by atoms with Crippen molar-refractivity contribution >= 4 is 11.5 Å². The summed E-state index contributed by atoms with van der Waals surface area (Å²) in [5.74, 6) is -0.962. The molecule has 1 aromatic heterocycles. The molecule has 1 fully saturated rings. The minimum Gasteiger partial charge on any atom is -0.434 e. The first kappa shape index (κ1) is 13.5. The lowest BCUT2D eigenvalue weighted by atomic mass is 10.3. The highest BCUT2D eigenvalue weighted by molar-refractivity contribution is 5.68. The second-order valence-corrected chi connectivity index (χ2v) is 4.79. The minimum atomic E-state index is -0.810. The van der Waals surface area contributed by atoms with Crippen LogP contribution in [0, 0.1) is 11.6 Å². The van der Waals surface area contributed by atoms with Gasteiger partial charge in [-0.2, -0.15) is 4.98 Å². The van der Waals surface area contributed by atoms with E-state index in [0.29, 0.717) is 5.82 Å². The van der Waals surface area contributed by atoms with Gasteiger partial charge in [0.2, 0.25) is 5.88 Å². The molecule has 0 amide bonds. The molecular weight excluding hydrogens is 278 g/mol. The molecule has 2 N–H and O–H groups in total. The van der Waals surface area contributed by atoms with Crippen molar-refractivity contribution in [1.82, 2.24) is 9.97 Å². The summed E-state index contributed by atoms with van der Waals surface area (Å²) in [7, 11) is 0. The molecule has 3 rings (SSSR count). The molecule has 2 heterocycles. The Bertz CT molecular complexity index is 659. The normalized spacial score (nSPS) is 14.5. The van der Waals surface area contributed by atoms with Crippen molar-refractivity contribution in [2.75, 3.05) is 23.7 Å². The van der Waals surface area contributed by atoms with E-state index in [2.05, 4.69) is 9.97 Å². The van der Waals surface area contributed by atoms with Crippen molar-refractivity contribution in [2.45, 2.75) is 12.8 Å². The Morgan fingerprint density at radius 3 is 2.62 bits per heavy atom. The van der Waals surface area contributed by atoms with Gasteiger partial charge in [0.15, 0.2) is 17.4 Å². The van der Waals surface area contributed by atoms with Gasteiger partial charge in [-0.1, -0.05) is 0 Å². The quantitative estimate of drug-likeness (QED) is 0.942. The third-order valence-electron chi connectivity index (χ3n) is 3.33.